The molecule has 24 heavy (non-hydrogen) atoms. The van der Waals surface area contributed by atoms with E-state index < -0.39 is 0 Å². The summed E-state index contributed by atoms with van der Waals surface area (Å²) in [7, 11) is 0. The van der Waals surface area contributed by atoms with Gasteiger partial charge in [0.05, 0.1) is 12.6 Å². The number of benzene rings is 1. The number of rotatable bonds is 7. The zero-order valence-corrected chi connectivity index (χ0v) is 15.4. The van der Waals surface area contributed by atoms with Crippen molar-refractivity contribution in [3.63, 3.8) is 0 Å². The van der Waals surface area contributed by atoms with Crippen LogP contribution in [0.15, 0.2) is 29.3 Å². The maximum atomic E-state index is 5.87. The van der Waals surface area contributed by atoms with E-state index in [4.69, 9.17) is 21.1 Å². The Balaban J connectivity index is 1.79. The number of guanidine groups is 1. The van der Waals surface area contributed by atoms with Crippen LogP contribution in [0.25, 0.3) is 0 Å². The summed E-state index contributed by atoms with van der Waals surface area (Å²) in [5.41, 5.74) is 0. The van der Waals surface area contributed by atoms with E-state index in [9.17, 15) is 0 Å². The Kier molecular flexibility index (Phi) is 8.19. The molecule has 1 aromatic rings. The lowest BCUT2D eigenvalue weighted by Gasteiger charge is -2.34. The SMILES string of the molecule is CCNC(=NCCOc1ccc(Cl)cc1)N1CCC(OCC)CC1. The number of aliphatic imine (C=N–C) groups is 1. The van der Waals surface area contributed by atoms with Crippen LogP contribution in [-0.4, -0.2) is 56.4 Å². The first-order valence-corrected chi connectivity index (χ1v) is 9.14. The molecule has 1 aliphatic rings. The van der Waals surface area contributed by atoms with Crippen LogP contribution < -0.4 is 10.1 Å². The number of nitrogens with one attached hydrogen (secondary N) is 1. The molecule has 0 amide bonds. The largest absolute Gasteiger partial charge is 0.492 e. The molecule has 0 aliphatic carbocycles. The number of likely N-dealkylation sites (tertiary alicyclic amines) is 1. The first kappa shape index (κ1) is 18.9. The fourth-order valence-corrected chi connectivity index (χ4v) is 2.87. The average molecular weight is 354 g/mol. The minimum absolute atomic E-state index is 0.391. The second-order valence-corrected chi connectivity index (χ2v) is 6.12. The van der Waals surface area contributed by atoms with E-state index in [0.717, 1.165) is 50.8 Å². The molecule has 1 aliphatic heterocycles. The van der Waals surface area contributed by atoms with Gasteiger partial charge >= 0.3 is 0 Å². The van der Waals surface area contributed by atoms with Crippen molar-refractivity contribution >= 4 is 17.6 Å². The lowest BCUT2D eigenvalue weighted by molar-refractivity contribution is 0.0263. The molecule has 0 aromatic heterocycles. The van der Waals surface area contributed by atoms with Gasteiger partial charge in [-0.1, -0.05) is 11.6 Å². The van der Waals surface area contributed by atoms with Gasteiger partial charge in [-0.3, -0.25) is 0 Å². The van der Waals surface area contributed by atoms with Crippen LogP contribution in [0.2, 0.25) is 5.02 Å². The molecule has 1 N–H and O–H groups in total. The molecule has 5 nitrogen and oxygen atoms in total. The second kappa shape index (κ2) is 10.4. The summed E-state index contributed by atoms with van der Waals surface area (Å²) in [5.74, 6) is 1.78. The molecule has 1 heterocycles. The molecule has 2 rings (SSSR count). The first-order valence-electron chi connectivity index (χ1n) is 8.76. The quantitative estimate of drug-likeness (QED) is 0.464. The smallest absolute Gasteiger partial charge is 0.194 e. The van der Waals surface area contributed by atoms with Crippen molar-refractivity contribution < 1.29 is 9.47 Å². The molecular weight excluding hydrogens is 326 g/mol. The van der Waals surface area contributed by atoms with Crippen molar-refractivity contribution in [2.75, 3.05) is 39.4 Å². The lowest BCUT2D eigenvalue weighted by Crippen LogP contribution is -2.47. The van der Waals surface area contributed by atoms with Gasteiger partial charge in [-0.25, -0.2) is 4.99 Å². The molecule has 0 bridgehead atoms. The highest BCUT2D eigenvalue weighted by Gasteiger charge is 2.21. The molecule has 1 aromatic carbocycles. The Morgan fingerprint density at radius 1 is 1.25 bits per heavy atom. The summed E-state index contributed by atoms with van der Waals surface area (Å²) >= 11 is 5.87. The highest BCUT2D eigenvalue weighted by Crippen LogP contribution is 2.16. The summed E-state index contributed by atoms with van der Waals surface area (Å²) in [6.45, 7) is 8.93. The van der Waals surface area contributed by atoms with E-state index in [1.54, 1.807) is 0 Å². The van der Waals surface area contributed by atoms with Crippen molar-refractivity contribution in [3.05, 3.63) is 29.3 Å². The van der Waals surface area contributed by atoms with Gasteiger partial charge in [-0.2, -0.15) is 0 Å². The Morgan fingerprint density at radius 2 is 1.96 bits per heavy atom. The number of piperidine rings is 1. The zero-order chi connectivity index (χ0) is 17.2. The van der Waals surface area contributed by atoms with Gasteiger partial charge in [0.1, 0.15) is 12.4 Å². The number of halogens is 1. The standard InChI is InChI=1S/C18H28ClN3O2/c1-3-20-18(22-12-9-17(10-13-22)23-4-2)21-11-14-24-16-7-5-15(19)6-8-16/h5-8,17H,3-4,9-14H2,1-2H3,(H,20,21). The Morgan fingerprint density at radius 3 is 2.58 bits per heavy atom. The third-order valence-electron chi connectivity index (χ3n) is 3.91. The van der Waals surface area contributed by atoms with Crippen LogP contribution in [0.3, 0.4) is 0 Å². The maximum Gasteiger partial charge on any atom is 0.194 e. The van der Waals surface area contributed by atoms with E-state index in [2.05, 4.69) is 29.1 Å². The normalized spacial score (nSPS) is 16.3. The zero-order valence-electron chi connectivity index (χ0n) is 14.6. The highest BCUT2D eigenvalue weighted by atomic mass is 35.5. The number of ether oxygens (including phenoxy) is 2. The molecule has 1 saturated heterocycles. The first-order chi connectivity index (χ1) is 11.7. The summed E-state index contributed by atoms with van der Waals surface area (Å²) < 4.78 is 11.4. The second-order valence-electron chi connectivity index (χ2n) is 5.68. The van der Waals surface area contributed by atoms with Crippen LogP contribution in [0.1, 0.15) is 26.7 Å². The van der Waals surface area contributed by atoms with Crippen molar-refractivity contribution in [2.24, 2.45) is 4.99 Å². The molecule has 134 valence electrons. The number of hydrogen-bond donors (Lipinski definition) is 1. The molecular formula is C18H28ClN3O2. The third-order valence-corrected chi connectivity index (χ3v) is 4.17. The van der Waals surface area contributed by atoms with Crippen molar-refractivity contribution in [1.29, 1.82) is 0 Å². The van der Waals surface area contributed by atoms with Gasteiger partial charge in [0, 0.05) is 31.3 Å². The predicted molar refractivity (Wildman–Crippen MR) is 99.1 cm³/mol. The van der Waals surface area contributed by atoms with Gasteiger partial charge < -0.3 is 19.7 Å². The predicted octanol–water partition coefficient (Wildman–Crippen LogP) is 3.19. The maximum absolute atomic E-state index is 5.87. The molecule has 6 heteroatoms. The lowest BCUT2D eigenvalue weighted by atomic mass is 10.1. The van der Waals surface area contributed by atoms with Crippen molar-refractivity contribution in [1.82, 2.24) is 10.2 Å². The van der Waals surface area contributed by atoms with Gasteiger partial charge in [0.25, 0.3) is 0 Å². The van der Waals surface area contributed by atoms with E-state index in [0.29, 0.717) is 24.3 Å². The molecule has 1 fully saturated rings. The molecule has 0 unspecified atom stereocenters. The van der Waals surface area contributed by atoms with Crippen LogP contribution >= 0.6 is 11.6 Å². The molecule has 0 radical (unpaired) electrons. The summed E-state index contributed by atoms with van der Waals surface area (Å²) in [5, 5.41) is 4.08. The topological polar surface area (TPSA) is 46.1 Å². The molecule has 0 spiro atoms. The van der Waals surface area contributed by atoms with E-state index in [1.165, 1.54) is 0 Å². The van der Waals surface area contributed by atoms with Crippen molar-refractivity contribution in [2.45, 2.75) is 32.8 Å². The molecule has 0 saturated carbocycles. The molecule has 0 atom stereocenters. The fourth-order valence-electron chi connectivity index (χ4n) is 2.74. The Labute approximate surface area is 150 Å². The summed E-state index contributed by atoms with van der Waals surface area (Å²) in [4.78, 5) is 6.99. The minimum atomic E-state index is 0.391. The van der Waals surface area contributed by atoms with Crippen LogP contribution in [0.5, 0.6) is 5.75 Å². The number of hydrogen-bond acceptors (Lipinski definition) is 3. The van der Waals surface area contributed by atoms with E-state index >= 15 is 0 Å². The minimum Gasteiger partial charge on any atom is -0.492 e. The number of nitrogens with zero attached hydrogens (tertiary/aromatic N) is 2. The van der Waals surface area contributed by atoms with Crippen LogP contribution in [-0.2, 0) is 4.74 Å². The fraction of sp³-hybridized carbons (Fsp3) is 0.611. The van der Waals surface area contributed by atoms with Gasteiger partial charge in [0.15, 0.2) is 5.96 Å². The van der Waals surface area contributed by atoms with E-state index in [-0.39, 0.29) is 0 Å². The Bertz CT molecular complexity index is 499. The summed E-state index contributed by atoms with van der Waals surface area (Å²) in [6, 6.07) is 7.39. The van der Waals surface area contributed by atoms with E-state index in [1.807, 2.05) is 24.3 Å². The van der Waals surface area contributed by atoms with Gasteiger partial charge in [-0.15, -0.1) is 0 Å². The van der Waals surface area contributed by atoms with Gasteiger partial charge in [-0.05, 0) is 51.0 Å². The summed E-state index contributed by atoms with van der Waals surface area (Å²) in [6.07, 6.45) is 2.50. The Hall–Kier alpha value is -1.46. The van der Waals surface area contributed by atoms with Crippen LogP contribution in [0.4, 0.5) is 0 Å². The van der Waals surface area contributed by atoms with Crippen molar-refractivity contribution in [3.8, 4) is 5.75 Å². The average Bonchev–Trinajstić information content (AvgIpc) is 2.60. The van der Waals surface area contributed by atoms with Gasteiger partial charge in [0.2, 0.25) is 0 Å². The monoisotopic (exact) mass is 353 g/mol. The van der Waals surface area contributed by atoms with Crippen LogP contribution in [0, 0.1) is 0 Å². The third kappa shape index (κ3) is 6.21. The highest BCUT2D eigenvalue weighted by molar-refractivity contribution is 6.30.